The van der Waals surface area contributed by atoms with Crippen LogP contribution in [-0.2, 0) is 19.1 Å². The Morgan fingerprint density at radius 1 is 1.46 bits per heavy atom. The minimum Gasteiger partial charge on any atom is -0.469 e. The molecule has 1 saturated heterocycles. The van der Waals surface area contributed by atoms with Crippen LogP contribution in [0.25, 0.3) is 0 Å². The van der Waals surface area contributed by atoms with Gasteiger partial charge in [0.2, 0.25) is 0 Å². The van der Waals surface area contributed by atoms with Gasteiger partial charge in [0.25, 0.3) is 11.8 Å². The van der Waals surface area contributed by atoms with Gasteiger partial charge in [0.05, 0.1) is 20.2 Å². The van der Waals surface area contributed by atoms with Crippen LogP contribution in [0, 0.1) is 6.92 Å². The molecule has 0 spiro atoms. The molecule has 7 nitrogen and oxygen atoms in total. The number of amides is 2. The van der Waals surface area contributed by atoms with Crippen LogP contribution in [0.1, 0.15) is 12.0 Å². The average molecular weight is 399 g/mol. The molecule has 1 aliphatic heterocycles. The highest BCUT2D eigenvalue weighted by Gasteiger charge is 2.36. The summed E-state index contributed by atoms with van der Waals surface area (Å²) in [6.45, 7) is 3.14. The average Bonchev–Trinajstić information content (AvgIpc) is 2.54. The number of esters is 1. The lowest BCUT2D eigenvalue weighted by Gasteiger charge is -2.30. The number of halogens is 1. The van der Waals surface area contributed by atoms with Gasteiger partial charge in [-0.2, -0.15) is 0 Å². The molecule has 1 heterocycles. The predicted molar refractivity (Wildman–Crippen MR) is 91.6 cm³/mol. The van der Waals surface area contributed by atoms with Crippen molar-refractivity contribution in [3.63, 3.8) is 0 Å². The lowest BCUT2D eigenvalue weighted by Crippen LogP contribution is -3.20. The molecule has 8 heteroatoms. The van der Waals surface area contributed by atoms with E-state index in [2.05, 4.69) is 31.3 Å². The number of anilines is 1. The molecule has 0 aliphatic carbocycles. The number of methoxy groups -OCH3 is 1. The Morgan fingerprint density at radius 3 is 2.88 bits per heavy atom. The summed E-state index contributed by atoms with van der Waals surface area (Å²) in [5.74, 6) is -0.893. The van der Waals surface area contributed by atoms with Gasteiger partial charge in [-0.3, -0.25) is 14.4 Å². The van der Waals surface area contributed by atoms with Crippen molar-refractivity contribution in [1.29, 1.82) is 0 Å². The molecule has 1 aromatic rings. The van der Waals surface area contributed by atoms with Gasteiger partial charge in [0.15, 0.2) is 12.6 Å². The van der Waals surface area contributed by atoms with E-state index in [1.165, 1.54) is 7.11 Å². The molecule has 1 aromatic carbocycles. The number of carbonyl (C=O) groups excluding carboxylic acids is 3. The standard InChI is InChI=1S/C16H20BrN3O4/c1-10-3-4-11(7-12(10)17)19-14(21)9-20-6-5-18-16(23)13(20)8-15(22)24-2/h3-4,7,13H,5-6,8-9H2,1-2H3,(H,18,23)(H,19,21)/p+1/t13-/m0/s1. The molecule has 0 bridgehead atoms. The van der Waals surface area contributed by atoms with Gasteiger partial charge in [-0.05, 0) is 24.6 Å². The number of hydrogen-bond donors (Lipinski definition) is 3. The van der Waals surface area contributed by atoms with Crippen molar-refractivity contribution in [3.05, 3.63) is 28.2 Å². The highest BCUT2D eigenvalue weighted by atomic mass is 79.9. The molecule has 3 N–H and O–H groups in total. The lowest BCUT2D eigenvalue weighted by molar-refractivity contribution is -0.909. The number of carbonyl (C=O) groups is 3. The first-order valence-corrected chi connectivity index (χ1v) is 8.45. The third-order valence-corrected chi connectivity index (χ3v) is 4.85. The first-order chi connectivity index (χ1) is 11.4. The first-order valence-electron chi connectivity index (χ1n) is 7.66. The van der Waals surface area contributed by atoms with Crippen molar-refractivity contribution >= 4 is 39.4 Å². The van der Waals surface area contributed by atoms with Crippen molar-refractivity contribution in [3.8, 4) is 0 Å². The van der Waals surface area contributed by atoms with Crippen LogP contribution in [0.2, 0.25) is 0 Å². The van der Waals surface area contributed by atoms with Crippen molar-refractivity contribution in [2.45, 2.75) is 19.4 Å². The molecule has 0 radical (unpaired) electrons. The second-order valence-corrected chi connectivity index (χ2v) is 6.58. The Morgan fingerprint density at radius 2 is 2.21 bits per heavy atom. The van der Waals surface area contributed by atoms with Crippen LogP contribution in [-0.4, -0.2) is 50.6 Å². The Balaban J connectivity index is 2.00. The summed E-state index contributed by atoms with van der Waals surface area (Å²) in [4.78, 5) is 36.5. The minimum absolute atomic E-state index is 0.0406. The summed E-state index contributed by atoms with van der Waals surface area (Å²) in [5, 5.41) is 5.55. The van der Waals surface area contributed by atoms with E-state index in [1.807, 2.05) is 25.1 Å². The third kappa shape index (κ3) is 4.78. The van der Waals surface area contributed by atoms with E-state index in [9.17, 15) is 14.4 Å². The quantitative estimate of drug-likeness (QED) is 0.591. The van der Waals surface area contributed by atoms with E-state index in [-0.39, 0.29) is 24.8 Å². The van der Waals surface area contributed by atoms with Gasteiger partial charge >= 0.3 is 5.97 Å². The number of rotatable bonds is 5. The minimum atomic E-state index is -0.610. The molecule has 130 valence electrons. The third-order valence-electron chi connectivity index (χ3n) is 4.00. The summed E-state index contributed by atoms with van der Waals surface area (Å²) in [6, 6.07) is 4.95. The van der Waals surface area contributed by atoms with Gasteiger partial charge < -0.3 is 20.3 Å². The molecular weight excluding hydrogens is 378 g/mol. The van der Waals surface area contributed by atoms with E-state index < -0.39 is 12.0 Å². The number of ether oxygens (including phenoxy) is 1. The zero-order chi connectivity index (χ0) is 17.7. The molecule has 1 unspecified atom stereocenters. The van der Waals surface area contributed by atoms with Crippen LogP contribution in [0.4, 0.5) is 5.69 Å². The largest absolute Gasteiger partial charge is 0.469 e. The molecule has 24 heavy (non-hydrogen) atoms. The van der Waals surface area contributed by atoms with E-state index >= 15 is 0 Å². The van der Waals surface area contributed by atoms with Gasteiger partial charge in [0.1, 0.15) is 6.42 Å². The van der Waals surface area contributed by atoms with Crippen molar-refractivity contribution in [2.24, 2.45) is 0 Å². The van der Waals surface area contributed by atoms with Crippen molar-refractivity contribution in [2.75, 3.05) is 32.1 Å². The van der Waals surface area contributed by atoms with E-state index in [1.54, 1.807) is 0 Å². The highest BCUT2D eigenvalue weighted by Crippen LogP contribution is 2.20. The predicted octanol–water partition coefficient (Wildman–Crippen LogP) is -0.358. The molecule has 1 fully saturated rings. The topological polar surface area (TPSA) is 88.9 Å². The summed E-state index contributed by atoms with van der Waals surface area (Å²) in [7, 11) is 1.28. The van der Waals surface area contributed by atoms with Crippen molar-refractivity contribution in [1.82, 2.24) is 5.32 Å². The first kappa shape index (κ1) is 18.4. The zero-order valence-corrected chi connectivity index (χ0v) is 15.2. The van der Waals surface area contributed by atoms with Crippen LogP contribution < -0.4 is 15.5 Å². The fourth-order valence-corrected chi connectivity index (χ4v) is 2.99. The number of nitrogens with one attached hydrogen (secondary N) is 3. The van der Waals surface area contributed by atoms with Crippen LogP contribution in [0.3, 0.4) is 0 Å². The maximum atomic E-state index is 12.3. The Hall–Kier alpha value is -1.93. The number of quaternary nitrogens is 1. The number of piperazine rings is 1. The fraction of sp³-hybridized carbons (Fsp3) is 0.438. The highest BCUT2D eigenvalue weighted by molar-refractivity contribution is 9.10. The van der Waals surface area contributed by atoms with Gasteiger partial charge in [-0.1, -0.05) is 22.0 Å². The van der Waals surface area contributed by atoms with Gasteiger partial charge in [-0.25, -0.2) is 0 Å². The normalized spacial score (nSPS) is 20.2. The summed E-state index contributed by atoms with van der Waals surface area (Å²) in [5.41, 5.74) is 1.76. The van der Waals surface area contributed by atoms with E-state index in [4.69, 9.17) is 0 Å². The molecule has 2 amide bonds. The smallest absolute Gasteiger partial charge is 0.312 e. The molecule has 1 aliphatic rings. The summed E-state index contributed by atoms with van der Waals surface area (Å²) in [6.07, 6.45) is -0.0406. The van der Waals surface area contributed by atoms with Crippen molar-refractivity contribution < 1.29 is 24.0 Å². The number of aryl methyl sites for hydroxylation is 1. The van der Waals surface area contributed by atoms with E-state index in [0.29, 0.717) is 18.8 Å². The Labute approximate surface area is 148 Å². The zero-order valence-electron chi connectivity index (χ0n) is 13.6. The molecule has 2 rings (SSSR count). The summed E-state index contributed by atoms with van der Waals surface area (Å²) >= 11 is 3.43. The van der Waals surface area contributed by atoms with Gasteiger partial charge in [0, 0.05) is 10.2 Å². The maximum absolute atomic E-state index is 12.3. The number of benzene rings is 1. The molecule has 0 aromatic heterocycles. The monoisotopic (exact) mass is 398 g/mol. The van der Waals surface area contributed by atoms with Crippen LogP contribution in [0.5, 0.6) is 0 Å². The number of hydrogen-bond acceptors (Lipinski definition) is 4. The molecular formula is C16H21BrN3O4+. The second-order valence-electron chi connectivity index (χ2n) is 5.72. The second kappa shape index (κ2) is 8.25. The van der Waals surface area contributed by atoms with Crippen LogP contribution >= 0.6 is 15.9 Å². The fourth-order valence-electron chi connectivity index (χ4n) is 2.61. The SMILES string of the molecule is COC(=O)C[C@H]1C(=O)NCC[NH+]1CC(=O)Nc1ccc(C)c(Br)c1. The Kier molecular flexibility index (Phi) is 6.33. The molecule has 0 saturated carbocycles. The molecule has 2 atom stereocenters. The lowest BCUT2D eigenvalue weighted by atomic mass is 10.1. The maximum Gasteiger partial charge on any atom is 0.312 e. The summed E-state index contributed by atoms with van der Waals surface area (Å²) < 4.78 is 5.55. The van der Waals surface area contributed by atoms with Gasteiger partial charge in [-0.15, -0.1) is 0 Å². The Bertz CT molecular complexity index is 650. The van der Waals surface area contributed by atoms with Crippen LogP contribution in [0.15, 0.2) is 22.7 Å². The van der Waals surface area contributed by atoms with E-state index in [0.717, 1.165) is 14.9 Å².